The Morgan fingerprint density at radius 3 is 2.56 bits per heavy atom. The lowest BCUT2D eigenvalue weighted by Gasteiger charge is -1.79. The molecule has 0 radical (unpaired) electrons. The van der Waals surface area contributed by atoms with Gasteiger partial charge in [-0.25, -0.2) is 0 Å². The van der Waals surface area contributed by atoms with Gasteiger partial charge in [-0.1, -0.05) is 24.3 Å². The zero-order valence-corrected chi connectivity index (χ0v) is 5.92. The Morgan fingerprint density at radius 2 is 2.11 bits per heavy atom. The molecule has 0 spiro atoms. The number of ketones is 1. The van der Waals surface area contributed by atoms with Gasteiger partial charge in [-0.05, 0) is 13.8 Å². The zero-order chi connectivity index (χ0) is 7.11. The fraction of sp³-hybridized carbons (Fsp3) is 0.375. The molecule has 1 nitrogen and oxygen atoms in total. The molecule has 0 heterocycles. The molecular weight excluding hydrogens is 112 g/mol. The standard InChI is InChI=1S/C8H12O/c1-3-4-5-6-7-8(2)9/h3-6H,7H2,1-2H3/b4-3+,6-5-. The highest BCUT2D eigenvalue weighted by molar-refractivity contribution is 5.76. The molecule has 0 N–H and O–H groups in total. The predicted molar refractivity (Wildman–Crippen MR) is 39.3 cm³/mol. The maximum atomic E-state index is 10.3. The summed E-state index contributed by atoms with van der Waals surface area (Å²) in [7, 11) is 0. The summed E-state index contributed by atoms with van der Waals surface area (Å²) in [6.07, 6.45) is 8.10. The van der Waals surface area contributed by atoms with Crippen LogP contribution >= 0.6 is 0 Å². The minimum atomic E-state index is 0.204. The van der Waals surface area contributed by atoms with Crippen LogP contribution in [0, 0.1) is 0 Å². The second-order valence-electron chi connectivity index (χ2n) is 1.86. The molecule has 0 amide bonds. The first kappa shape index (κ1) is 8.15. The van der Waals surface area contributed by atoms with Crippen molar-refractivity contribution >= 4 is 5.78 Å². The predicted octanol–water partition coefficient (Wildman–Crippen LogP) is 2.10. The number of carbonyl (C=O) groups is 1. The fourth-order valence-electron chi connectivity index (χ4n) is 0.424. The third-order valence-corrected chi connectivity index (χ3v) is 0.845. The quantitative estimate of drug-likeness (QED) is 0.526. The molecule has 0 saturated heterocycles. The average Bonchev–Trinajstić information content (AvgIpc) is 1.80. The number of Topliss-reactive ketones (excluding diaryl/α,β-unsaturated/α-hetero) is 1. The van der Waals surface area contributed by atoms with Crippen molar-refractivity contribution in [3.63, 3.8) is 0 Å². The van der Waals surface area contributed by atoms with E-state index < -0.39 is 0 Å². The molecule has 0 fully saturated rings. The number of hydrogen-bond acceptors (Lipinski definition) is 1. The Kier molecular flexibility index (Phi) is 4.79. The van der Waals surface area contributed by atoms with Crippen molar-refractivity contribution in [1.82, 2.24) is 0 Å². The number of carbonyl (C=O) groups excluding carboxylic acids is 1. The van der Waals surface area contributed by atoms with Gasteiger partial charge < -0.3 is 0 Å². The van der Waals surface area contributed by atoms with Crippen molar-refractivity contribution in [3.8, 4) is 0 Å². The molecule has 50 valence electrons. The number of rotatable bonds is 3. The van der Waals surface area contributed by atoms with E-state index in [1.807, 2.05) is 31.2 Å². The summed E-state index contributed by atoms with van der Waals surface area (Å²) < 4.78 is 0. The molecule has 0 aliphatic heterocycles. The molecular formula is C8H12O. The summed E-state index contributed by atoms with van der Waals surface area (Å²) in [6.45, 7) is 3.53. The van der Waals surface area contributed by atoms with Gasteiger partial charge in [-0.2, -0.15) is 0 Å². The Balaban J connectivity index is 3.36. The summed E-state index contributed by atoms with van der Waals surface area (Å²) in [4.78, 5) is 10.3. The maximum Gasteiger partial charge on any atom is 0.133 e. The zero-order valence-electron chi connectivity index (χ0n) is 5.92. The number of allylic oxidation sites excluding steroid dienone is 4. The molecule has 9 heavy (non-hydrogen) atoms. The first-order valence-corrected chi connectivity index (χ1v) is 3.04. The summed E-state index contributed by atoms with van der Waals surface area (Å²) >= 11 is 0. The van der Waals surface area contributed by atoms with Crippen LogP contribution in [0.15, 0.2) is 24.3 Å². The molecule has 0 saturated carbocycles. The molecule has 0 atom stereocenters. The molecule has 0 unspecified atom stereocenters. The molecule has 1 heteroatoms. The van der Waals surface area contributed by atoms with Gasteiger partial charge in [0, 0.05) is 6.42 Å². The highest BCUT2D eigenvalue weighted by Crippen LogP contribution is 1.84. The summed E-state index contributed by atoms with van der Waals surface area (Å²) in [5.41, 5.74) is 0. The van der Waals surface area contributed by atoms with Crippen LogP contribution in [0.2, 0.25) is 0 Å². The Bertz CT molecular complexity index is 132. The van der Waals surface area contributed by atoms with Crippen molar-refractivity contribution in [1.29, 1.82) is 0 Å². The molecule has 0 rings (SSSR count). The van der Waals surface area contributed by atoms with Crippen LogP contribution in [-0.2, 0) is 4.79 Å². The second kappa shape index (κ2) is 5.29. The van der Waals surface area contributed by atoms with E-state index in [0.717, 1.165) is 0 Å². The van der Waals surface area contributed by atoms with Crippen LogP contribution in [0.5, 0.6) is 0 Å². The highest BCUT2D eigenvalue weighted by atomic mass is 16.1. The van der Waals surface area contributed by atoms with E-state index in [2.05, 4.69) is 0 Å². The van der Waals surface area contributed by atoms with Gasteiger partial charge in [0.15, 0.2) is 0 Å². The summed E-state index contributed by atoms with van der Waals surface area (Å²) in [6, 6.07) is 0. The SMILES string of the molecule is C/C=C/C=C\CC(C)=O. The van der Waals surface area contributed by atoms with Gasteiger partial charge >= 0.3 is 0 Å². The van der Waals surface area contributed by atoms with Crippen LogP contribution in [0.4, 0.5) is 0 Å². The minimum Gasteiger partial charge on any atom is -0.300 e. The lowest BCUT2D eigenvalue weighted by molar-refractivity contribution is -0.116. The van der Waals surface area contributed by atoms with Gasteiger partial charge in [0.2, 0.25) is 0 Å². The summed E-state index contributed by atoms with van der Waals surface area (Å²) in [5, 5.41) is 0. The Hall–Kier alpha value is -0.850. The normalized spacial score (nSPS) is 11.3. The van der Waals surface area contributed by atoms with Gasteiger partial charge in [0.25, 0.3) is 0 Å². The molecule has 0 aliphatic rings. The first-order chi connectivity index (χ1) is 4.27. The third-order valence-electron chi connectivity index (χ3n) is 0.845. The van der Waals surface area contributed by atoms with E-state index in [1.165, 1.54) is 0 Å². The largest absolute Gasteiger partial charge is 0.300 e. The lowest BCUT2D eigenvalue weighted by Crippen LogP contribution is -1.82. The van der Waals surface area contributed by atoms with Crippen molar-refractivity contribution in [3.05, 3.63) is 24.3 Å². The van der Waals surface area contributed by atoms with E-state index >= 15 is 0 Å². The van der Waals surface area contributed by atoms with E-state index in [9.17, 15) is 4.79 Å². The first-order valence-electron chi connectivity index (χ1n) is 3.04. The number of hydrogen-bond donors (Lipinski definition) is 0. The fourth-order valence-corrected chi connectivity index (χ4v) is 0.424. The van der Waals surface area contributed by atoms with Gasteiger partial charge in [0.1, 0.15) is 5.78 Å². The summed E-state index contributed by atoms with van der Waals surface area (Å²) in [5.74, 6) is 0.204. The van der Waals surface area contributed by atoms with Crippen molar-refractivity contribution < 1.29 is 4.79 Å². The van der Waals surface area contributed by atoms with E-state index in [-0.39, 0.29) is 5.78 Å². The van der Waals surface area contributed by atoms with Gasteiger partial charge in [-0.15, -0.1) is 0 Å². The molecule has 0 aromatic rings. The third kappa shape index (κ3) is 7.15. The molecule has 0 bridgehead atoms. The van der Waals surface area contributed by atoms with Crippen molar-refractivity contribution in [2.75, 3.05) is 0 Å². The second-order valence-corrected chi connectivity index (χ2v) is 1.86. The van der Waals surface area contributed by atoms with Crippen molar-refractivity contribution in [2.45, 2.75) is 20.3 Å². The average molecular weight is 124 g/mol. The van der Waals surface area contributed by atoms with Crippen LogP contribution in [0.3, 0.4) is 0 Å². The topological polar surface area (TPSA) is 17.1 Å². The van der Waals surface area contributed by atoms with E-state index in [0.29, 0.717) is 6.42 Å². The van der Waals surface area contributed by atoms with Crippen molar-refractivity contribution in [2.24, 2.45) is 0 Å². The van der Waals surface area contributed by atoms with Crippen LogP contribution in [0.25, 0.3) is 0 Å². The van der Waals surface area contributed by atoms with Crippen LogP contribution in [-0.4, -0.2) is 5.78 Å². The maximum absolute atomic E-state index is 10.3. The highest BCUT2D eigenvalue weighted by Gasteiger charge is 1.82. The van der Waals surface area contributed by atoms with Crippen LogP contribution < -0.4 is 0 Å². The Morgan fingerprint density at radius 1 is 1.44 bits per heavy atom. The van der Waals surface area contributed by atoms with E-state index in [4.69, 9.17) is 0 Å². The lowest BCUT2D eigenvalue weighted by atomic mass is 10.3. The van der Waals surface area contributed by atoms with E-state index in [1.54, 1.807) is 6.92 Å². The van der Waals surface area contributed by atoms with Gasteiger partial charge in [-0.3, -0.25) is 4.79 Å². The molecule has 0 aromatic carbocycles. The monoisotopic (exact) mass is 124 g/mol. The minimum absolute atomic E-state index is 0.204. The Labute approximate surface area is 56.1 Å². The van der Waals surface area contributed by atoms with Gasteiger partial charge in [0.05, 0.1) is 0 Å². The van der Waals surface area contributed by atoms with Crippen LogP contribution in [0.1, 0.15) is 20.3 Å². The molecule has 0 aliphatic carbocycles. The smallest absolute Gasteiger partial charge is 0.133 e. The molecule has 0 aromatic heterocycles.